The van der Waals surface area contributed by atoms with Gasteiger partial charge in [0.15, 0.2) is 0 Å². The first-order chi connectivity index (χ1) is 10.5. The summed E-state index contributed by atoms with van der Waals surface area (Å²) in [6.07, 6.45) is 1.76. The Morgan fingerprint density at radius 1 is 1.23 bits per heavy atom. The van der Waals surface area contributed by atoms with Crippen molar-refractivity contribution in [3.05, 3.63) is 39.6 Å². The molecule has 0 saturated carbocycles. The summed E-state index contributed by atoms with van der Waals surface area (Å²) >= 11 is 0. The van der Waals surface area contributed by atoms with Crippen molar-refractivity contribution in [2.45, 2.75) is 20.4 Å². The maximum Gasteiger partial charge on any atom is 0.268 e. The zero-order valence-corrected chi connectivity index (χ0v) is 13.2. The fourth-order valence-electron chi connectivity index (χ4n) is 2.75. The molecule has 1 aliphatic rings. The van der Waals surface area contributed by atoms with E-state index in [9.17, 15) is 4.79 Å². The Labute approximate surface area is 129 Å². The lowest BCUT2D eigenvalue weighted by molar-refractivity contribution is 0.248. The van der Waals surface area contributed by atoms with E-state index in [0.29, 0.717) is 0 Å². The van der Waals surface area contributed by atoms with Crippen LogP contribution in [0.3, 0.4) is 0 Å². The fraction of sp³-hybridized carbons (Fsp3) is 0.533. The van der Waals surface area contributed by atoms with E-state index in [1.54, 1.807) is 19.3 Å². The lowest BCUT2D eigenvalue weighted by Gasteiger charge is -2.35. The van der Waals surface area contributed by atoms with E-state index in [-0.39, 0.29) is 5.56 Å². The van der Waals surface area contributed by atoms with Gasteiger partial charge in [0.05, 0.1) is 17.6 Å². The number of aromatic nitrogens is 3. The minimum atomic E-state index is -0.0735. The monoisotopic (exact) mass is 303 g/mol. The molecule has 0 unspecified atom stereocenters. The minimum absolute atomic E-state index is 0.0735. The first-order valence-electron chi connectivity index (χ1n) is 7.47. The molecule has 1 saturated heterocycles. The van der Waals surface area contributed by atoms with E-state index in [1.807, 2.05) is 13.8 Å². The molecule has 3 rings (SSSR count). The predicted molar refractivity (Wildman–Crippen MR) is 82.9 cm³/mol. The van der Waals surface area contributed by atoms with Crippen LogP contribution in [-0.2, 0) is 13.6 Å². The lowest BCUT2D eigenvalue weighted by Crippen LogP contribution is -2.46. The first-order valence-corrected chi connectivity index (χ1v) is 7.47. The molecule has 0 atom stereocenters. The number of aryl methyl sites for hydroxylation is 3. The number of hydrogen-bond acceptors (Lipinski definition) is 6. The number of anilines is 1. The summed E-state index contributed by atoms with van der Waals surface area (Å²) in [5, 5.41) is 8.09. The van der Waals surface area contributed by atoms with Gasteiger partial charge in [-0.3, -0.25) is 9.69 Å². The van der Waals surface area contributed by atoms with Crippen LogP contribution in [0.25, 0.3) is 0 Å². The Kier molecular flexibility index (Phi) is 3.98. The smallest absolute Gasteiger partial charge is 0.268 e. The molecule has 7 nitrogen and oxygen atoms in total. The van der Waals surface area contributed by atoms with Crippen LogP contribution >= 0.6 is 0 Å². The van der Waals surface area contributed by atoms with Crippen LogP contribution < -0.4 is 10.5 Å². The van der Waals surface area contributed by atoms with Gasteiger partial charge in [-0.25, -0.2) is 4.68 Å². The molecular formula is C15H21N5O2. The summed E-state index contributed by atoms with van der Waals surface area (Å²) in [6.45, 7) is 8.46. The quantitative estimate of drug-likeness (QED) is 0.832. The van der Waals surface area contributed by atoms with Gasteiger partial charge in [0, 0.05) is 51.4 Å². The van der Waals surface area contributed by atoms with Crippen molar-refractivity contribution in [3.63, 3.8) is 0 Å². The number of hydrogen-bond donors (Lipinski definition) is 0. The SMILES string of the molecule is Cc1noc(C)c1CN1CCN(c2cnn(C)c(=O)c2)CC1. The molecule has 2 aromatic heterocycles. The van der Waals surface area contributed by atoms with Crippen LogP contribution in [0.15, 0.2) is 21.6 Å². The van der Waals surface area contributed by atoms with Crippen LogP contribution in [-0.4, -0.2) is 46.0 Å². The molecule has 1 aliphatic heterocycles. The molecule has 22 heavy (non-hydrogen) atoms. The number of rotatable bonds is 3. The fourth-order valence-corrected chi connectivity index (χ4v) is 2.75. The van der Waals surface area contributed by atoms with Crippen molar-refractivity contribution < 1.29 is 4.52 Å². The van der Waals surface area contributed by atoms with Crippen molar-refractivity contribution in [2.75, 3.05) is 31.1 Å². The Morgan fingerprint density at radius 2 is 1.95 bits per heavy atom. The van der Waals surface area contributed by atoms with E-state index in [4.69, 9.17) is 4.52 Å². The average Bonchev–Trinajstić information content (AvgIpc) is 2.83. The molecular weight excluding hydrogens is 282 g/mol. The topological polar surface area (TPSA) is 67.4 Å². The molecule has 3 heterocycles. The lowest BCUT2D eigenvalue weighted by atomic mass is 10.1. The number of nitrogens with zero attached hydrogens (tertiary/aromatic N) is 5. The average molecular weight is 303 g/mol. The molecule has 0 spiro atoms. The molecule has 0 N–H and O–H groups in total. The minimum Gasteiger partial charge on any atom is -0.368 e. The second-order valence-electron chi connectivity index (χ2n) is 5.74. The molecule has 118 valence electrons. The summed E-state index contributed by atoms with van der Waals surface area (Å²) in [5.41, 5.74) is 2.98. The summed E-state index contributed by atoms with van der Waals surface area (Å²) in [7, 11) is 1.66. The van der Waals surface area contributed by atoms with Gasteiger partial charge in [0.2, 0.25) is 0 Å². The number of piperazine rings is 1. The van der Waals surface area contributed by atoms with Gasteiger partial charge in [-0.15, -0.1) is 0 Å². The standard InChI is InChI=1S/C15H21N5O2/c1-11-14(12(2)22-17-11)10-19-4-6-20(7-5-19)13-8-15(21)18(3)16-9-13/h8-9H,4-7,10H2,1-3H3. The predicted octanol–water partition coefficient (Wildman–Crippen LogP) is 0.707. The maximum absolute atomic E-state index is 11.7. The normalized spacial score (nSPS) is 16.2. The van der Waals surface area contributed by atoms with E-state index in [0.717, 1.165) is 49.9 Å². The molecule has 0 bridgehead atoms. The Balaban J connectivity index is 1.63. The third kappa shape index (κ3) is 2.89. The van der Waals surface area contributed by atoms with Gasteiger partial charge in [-0.1, -0.05) is 5.16 Å². The molecule has 0 amide bonds. The third-order valence-electron chi connectivity index (χ3n) is 4.25. The summed E-state index contributed by atoms with van der Waals surface area (Å²) in [5.74, 6) is 0.899. The zero-order chi connectivity index (χ0) is 15.7. The van der Waals surface area contributed by atoms with Crippen molar-refractivity contribution in [1.29, 1.82) is 0 Å². The van der Waals surface area contributed by atoms with Crippen molar-refractivity contribution in [2.24, 2.45) is 7.05 Å². The van der Waals surface area contributed by atoms with Gasteiger partial charge >= 0.3 is 0 Å². The van der Waals surface area contributed by atoms with Crippen LogP contribution in [0, 0.1) is 13.8 Å². The van der Waals surface area contributed by atoms with Crippen LogP contribution in [0.5, 0.6) is 0 Å². The highest BCUT2D eigenvalue weighted by atomic mass is 16.5. The molecule has 0 radical (unpaired) electrons. The van der Waals surface area contributed by atoms with Gasteiger partial charge in [0.1, 0.15) is 5.76 Å². The van der Waals surface area contributed by atoms with Gasteiger partial charge < -0.3 is 9.42 Å². The summed E-state index contributed by atoms with van der Waals surface area (Å²) < 4.78 is 6.56. The summed E-state index contributed by atoms with van der Waals surface area (Å²) in [4.78, 5) is 16.3. The van der Waals surface area contributed by atoms with E-state index in [2.05, 4.69) is 20.1 Å². The Bertz CT molecular complexity index is 693. The van der Waals surface area contributed by atoms with Crippen LogP contribution in [0.2, 0.25) is 0 Å². The van der Waals surface area contributed by atoms with Crippen molar-refractivity contribution in [3.8, 4) is 0 Å². The first kappa shape index (κ1) is 14.8. The van der Waals surface area contributed by atoms with Gasteiger partial charge in [-0.05, 0) is 13.8 Å². The summed E-state index contributed by atoms with van der Waals surface area (Å²) in [6, 6.07) is 1.65. The molecule has 0 aliphatic carbocycles. The zero-order valence-electron chi connectivity index (χ0n) is 13.2. The van der Waals surface area contributed by atoms with Crippen LogP contribution in [0.1, 0.15) is 17.0 Å². The molecule has 1 fully saturated rings. The third-order valence-corrected chi connectivity index (χ3v) is 4.25. The maximum atomic E-state index is 11.7. The van der Waals surface area contributed by atoms with Gasteiger partial charge in [0.25, 0.3) is 5.56 Å². The van der Waals surface area contributed by atoms with Crippen molar-refractivity contribution >= 4 is 5.69 Å². The highest BCUT2D eigenvalue weighted by Gasteiger charge is 2.20. The molecule has 7 heteroatoms. The van der Waals surface area contributed by atoms with Crippen LogP contribution in [0.4, 0.5) is 5.69 Å². The second kappa shape index (κ2) is 5.92. The second-order valence-corrected chi connectivity index (χ2v) is 5.74. The highest BCUT2D eigenvalue weighted by molar-refractivity contribution is 5.43. The van der Waals surface area contributed by atoms with E-state index >= 15 is 0 Å². The molecule has 2 aromatic rings. The Morgan fingerprint density at radius 3 is 2.55 bits per heavy atom. The van der Waals surface area contributed by atoms with E-state index < -0.39 is 0 Å². The van der Waals surface area contributed by atoms with E-state index in [1.165, 1.54) is 10.2 Å². The van der Waals surface area contributed by atoms with Gasteiger partial charge in [-0.2, -0.15) is 5.10 Å². The Hall–Kier alpha value is -2.15. The highest BCUT2D eigenvalue weighted by Crippen LogP contribution is 2.18. The molecule has 0 aromatic carbocycles. The van der Waals surface area contributed by atoms with Crippen molar-refractivity contribution in [1.82, 2.24) is 19.8 Å². The largest absolute Gasteiger partial charge is 0.368 e.